The summed E-state index contributed by atoms with van der Waals surface area (Å²) in [6.07, 6.45) is 4.54. The van der Waals surface area contributed by atoms with Gasteiger partial charge in [-0.05, 0) is 41.7 Å². The maximum absolute atomic E-state index is 13.3. The van der Waals surface area contributed by atoms with Gasteiger partial charge in [0.1, 0.15) is 6.61 Å². The number of carbonyl (C=O) groups excluding carboxylic acids is 1. The van der Waals surface area contributed by atoms with Gasteiger partial charge in [-0.1, -0.05) is 35.9 Å². The Kier molecular flexibility index (Phi) is 5.20. The molecule has 1 saturated heterocycles. The van der Waals surface area contributed by atoms with Gasteiger partial charge in [0.2, 0.25) is 0 Å². The normalized spacial score (nSPS) is 18.2. The Labute approximate surface area is 186 Å². The van der Waals surface area contributed by atoms with Gasteiger partial charge in [-0.15, -0.1) is 0 Å². The van der Waals surface area contributed by atoms with Crippen molar-refractivity contribution in [2.45, 2.75) is 19.4 Å². The van der Waals surface area contributed by atoms with Crippen LogP contribution in [0.4, 0.5) is 0 Å². The smallest absolute Gasteiger partial charge is 0.258 e. The summed E-state index contributed by atoms with van der Waals surface area (Å²) in [5, 5.41) is 4.76. The minimum Gasteiger partial charge on any atom is -0.489 e. The van der Waals surface area contributed by atoms with E-state index in [4.69, 9.17) is 21.1 Å². The van der Waals surface area contributed by atoms with E-state index in [0.717, 1.165) is 27.8 Å². The second kappa shape index (κ2) is 8.02. The lowest BCUT2D eigenvalue weighted by Crippen LogP contribution is -2.50. The van der Waals surface area contributed by atoms with Gasteiger partial charge in [-0.2, -0.15) is 5.10 Å². The van der Waals surface area contributed by atoms with E-state index in [2.05, 4.69) is 29.4 Å². The van der Waals surface area contributed by atoms with E-state index >= 15 is 0 Å². The SMILES string of the molecule is Cc1c(Cc2ccc(-c3cnn(C)c3)cc2)cc2c(c1Cl)OC[C@H]1COCCN1C2=O. The van der Waals surface area contributed by atoms with E-state index in [1.54, 1.807) is 4.68 Å². The molecule has 0 unspecified atom stereocenters. The summed E-state index contributed by atoms with van der Waals surface area (Å²) in [6, 6.07) is 10.3. The maximum Gasteiger partial charge on any atom is 0.258 e. The summed E-state index contributed by atoms with van der Waals surface area (Å²) < 4.78 is 13.3. The highest BCUT2D eigenvalue weighted by atomic mass is 35.5. The van der Waals surface area contributed by atoms with Gasteiger partial charge in [0, 0.05) is 25.4 Å². The molecule has 1 amide bonds. The molecule has 1 atom stereocenters. The lowest BCUT2D eigenvalue weighted by Gasteiger charge is -2.33. The first-order valence-electron chi connectivity index (χ1n) is 10.4. The number of amides is 1. The molecule has 3 heterocycles. The highest BCUT2D eigenvalue weighted by molar-refractivity contribution is 6.33. The lowest BCUT2D eigenvalue weighted by atomic mass is 9.96. The number of halogens is 1. The third kappa shape index (κ3) is 3.70. The molecule has 0 spiro atoms. The Hall–Kier alpha value is -2.83. The van der Waals surface area contributed by atoms with Crippen LogP contribution in [0.2, 0.25) is 5.02 Å². The number of benzene rings is 2. The number of carbonyl (C=O) groups is 1. The van der Waals surface area contributed by atoms with Gasteiger partial charge >= 0.3 is 0 Å². The van der Waals surface area contributed by atoms with Crippen molar-refractivity contribution in [3.05, 3.63) is 70.0 Å². The van der Waals surface area contributed by atoms with Crippen molar-refractivity contribution in [3.63, 3.8) is 0 Å². The summed E-state index contributed by atoms with van der Waals surface area (Å²) in [5.41, 5.74) is 5.87. The minimum absolute atomic E-state index is 0.0316. The molecule has 7 heteroatoms. The molecule has 0 bridgehead atoms. The fourth-order valence-corrected chi connectivity index (χ4v) is 4.54. The average Bonchev–Trinajstić information content (AvgIpc) is 3.16. The number of aromatic nitrogens is 2. The van der Waals surface area contributed by atoms with Crippen LogP contribution in [0.1, 0.15) is 27.0 Å². The maximum atomic E-state index is 13.3. The third-order valence-corrected chi connectivity index (χ3v) is 6.55. The Bertz CT molecular complexity index is 1140. The molecule has 160 valence electrons. The van der Waals surface area contributed by atoms with Crippen LogP contribution in [-0.2, 0) is 18.2 Å². The molecule has 0 N–H and O–H groups in total. The van der Waals surface area contributed by atoms with Crippen molar-refractivity contribution >= 4 is 17.5 Å². The summed E-state index contributed by atoms with van der Waals surface area (Å²) >= 11 is 6.69. The first-order valence-corrected chi connectivity index (χ1v) is 10.8. The summed E-state index contributed by atoms with van der Waals surface area (Å²) in [7, 11) is 1.91. The molecule has 1 aromatic heterocycles. The molecule has 5 rings (SSSR count). The van der Waals surface area contributed by atoms with Gasteiger partial charge in [0.05, 0.1) is 36.0 Å². The van der Waals surface area contributed by atoms with Crippen LogP contribution in [0.15, 0.2) is 42.7 Å². The molecule has 0 aliphatic carbocycles. The fraction of sp³-hybridized carbons (Fsp3) is 0.333. The van der Waals surface area contributed by atoms with Crippen LogP contribution in [-0.4, -0.2) is 53.0 Å². The zero-order chi connectivity index (χ0) is 21.5. The number of ether oxygens (including phenoxy) is 2. The molecule has 3 aromatic rings. The van der Waals surface area contributed by atoms with Crippen LogP contribution in [0, 0.1) is 6.92 Å². The topological polar surface area (TPSA) is 56.6 Å². The highest BCUT2D eigenvalue weighted by Gasteiger charge is 2.35. The number of rotatable bonds is 3. The van der Waals surface area contributed by atoms with Crippen molar-refractivity contribution in [3.8, 4) is 16.9 Å². The largest absolute Gasteiger partial charge is 0.489 e. The molecule has 6 nitrogen and oxygen atoms in total. The number of hydrogen-bond acceptors (Lipinski definition) is 4. The van der Waals surface area contributed by atoms with Gasteiger partial charge in [0.25, 0.3) is 5.91 Å². The Morgan fingerprint density at radius 2 is 2.00 bits per heavy atom. The second-order valence-electron chi connectivity index (χ2n) is 8.17. The first kappa shape index (κ1) is 20.1. The first-order chi connectivity index (χ1) is 15.0. The molecular formula is C24H24ClN3O3. The molecule has 0 saturated carbocycles. The molecule has 2 aliphatic rings. The Morgan fingerprint density at radius 3 is 2.74 bits per heavy atom. The van der Waals surface area contributed by atoms with E-state index in [1.807, 2.05) is 37.3 Å². The van der Waals surface area contributed by atoms with Crippen LogP contribution >= 0.6 is 11.6 Å². The van der Waals surface area contributed by atoms with Crippen molar-refractivity contribution in [1.82, 2.24) is 14.7 Å². The van der Waals surface area contributed by atoms with Gasteiger partial charge in [0.15, 0.2) is 5.75 Å². The van der Waals surface area contributed by atoms with Gasteiger partial charge in [-0.3, -0.25) is 9.48 Å². The van der Waals surface area contributed by atoms with Gasteiger partial charge in [-0.25, -0.2) is 0 Å². The predicted molar refractivity (Wildman–Crippen MR) is 119 cm³/mol. The standard InChI is InChI=1S/C24H24ClN3O3/c1-15-18(9-16-3-5-17(6-4-16)19-11-26-27(2)12-19)10-21-23(22(15)25)31-14-20-13-30-8-7-28(20)24(21)29/h3-6,10-12,20H,7-9,13-14H2,1-2H3/t20-/m1/s1. The molecule has 31 heavy (non-hydrogen) atoms. The van der Waals surface area contributed by atoms with Crippen molar-refractivity contribution < 1.29 is 14.3 Å². The van der Waals surface area contributed by atoms with Crippen molar-refractivity contribution in [2.75, 3.05) is 26.4 Å². The number of nitrogens with zero attached hydrogens (tertiary/aromatic N) is 3. The molecular weight excluding hydrogens is 414 g/mol. The van der Waals surface area contributed by atoms with Crippen LogP contribution in [0.25, 0.3) is 11.1 Å². The fourth-order valence-electron chi connectivity index (χ4n) is 4.26. The van der Waals surface area contributed by atoms with E-state index in [1.165, 1.54) is 0 Å². The van der Waals surface area contributed by atoms with E-state index in [-0.39, 0.29) is 11.9 Å². The quantitative estimate of drug-likeness (QED) is 0.624. The minimum atomic E-state index is -0.0755. The number of hydrogen-bond donors (Lipinski definition) is 0. The summed E-state index contributed by atoms with van der Waals surface area (Å²) in [5.74, 6) is 0.463. The predicted octanol–water partition coefficient (Wildman–Crippen LogP) is 3.87. The number of aryl methyl sites for hydroxylation is 1. The van der Waals surface area contributed by atoms with Gasteiger partial charge < -0.3 is 14.4 Å². The Morgan fingerprint density at radius 1 is 1.19 bits per heavy atom. The van der Waals surface area contributed by atoms with Crippen molar-refractivity contribution in [2.24, 2.45) is 7.05 Å². The summed E-state index contributed by atoms with van der Waals surface area (Å²) in [4.78, 5) is 15.1. The van der Waals surface area contributed by atoms with Crippen LogP contribution in [0.5, 0.6) is 5.75 Å². The molecule has 1 fully saturated rings. The average molecular weight is 438 g/mol. The third-order valence-electron chi connectivity index (χ3n) is 6.10. The molecule has 2 aliphatic heterocycles. The lowest BCUT2D eigenvalue weighted by molar-refractivity contribution is -0.0109. The monoisotopic (exact) mass is 437 g/mol. The van der Waals surface area contributed by atoms with Crippen LogP contribution in [0.3, 0.4) is 0 Å². The highest BCUT2D eigenvalue weighted by Crippen LogP contribution is 2.38. The van der Waals surface area contributed by atoms with E-state index < -0.39 is 0 Å². The zero-order valence-electron chi connectivity index (χ0n) is 17.6. The summed E-state index contributed by atoms with van der Waals surface area (Å²) in [6.45, 7) is 3.99. The van der Waals surface area contributed by atoms with E-state index in [0.29, 0.717) is 49.1 Å². The Balaban J connectivity index is 1.45. The van der Waals surface area contributed by atoms with E-state index in [9.17, 15) is 4.79 Å². The number of fused-ring (bicyclic) bond motifs is 2. The van der Waals surface area contributed by atoms with Crippen molar-refractivity contribution in [1.29, 1.82) is 0 Å². The number of morpholine rings is 1. The van der Waals surface area contributed by atoms with Crippen LogP contribution < -0.4 is 4.74 Å². The zero-order valence-corrected chi connectivity index (χ0v) is 18.4. The molecule has 2 aromatic carbocycles. The second-order valence-corrected chi connectivity index (χ2v) is 8.54. The molecule has 0 radical (unpaired) electrons.